The molecule has 8 nitrogen and oxygen atoms in total. The van der Waals surface area contributed by atoms with Crippen molar-refractivity contribution in [3.8, 4) is 11.6 Å². The lowest BCUT2D eigenvalue weighted by molar-refractivity contribution is -0.193. The number of rotatable bonds is 6. The van der Waals surface area contributed by atoms with Gasteiger partial charge in [-0.3, -0.25) is 13.6 Å². The molecule has 0 spiro atoms. The van der Waals surface area contributed by atoms with Crippen molar-refractivity contribution in [1.82, 2.24) is 0 Å². The number of hydrogen-bond donors (Lipinski definition) is 0. The molecule has 0 N–H and O–H groups in total. The van der Waals surface area contributed by atoms with Gasteiger partial charge in [-0.15, -0.1) is 0 Å². The fourth-order valence-electron chi connectivity index (χ4n) is 0.634. The number of nitriles is 2. The van der Waals surface area contributed by atoms with E-state index < -0.39 is 15.2 Å². The number of hydrogen-bond acceptors (Lipinski definition) is 8. The lowest BCUT2D eigenvalue weighted by atomic mass is 10.9. The summed E-state index contributed by atoms with van der Waals surface area (Å²) in [5.41, 5.74) is 0. The maximum Gasteiger partial charge on any atom is 0.431 e. The van der Waals surface area contributed by atoms with Crippen LogP contribution in [0.3, 0.4) is 0 Å². The predicted molar refractivity (Wildman–Crippen MR) is 86.5 cm³/mol. The average molecular weight is 374 g/mol. The Morgan fingerprint density at radius 2 is 1.23 bits per heavy atom. The van der Waals surface area contributed by atoms with E-state index in [2.05, 4.69) is 32.3 Å². The van der Waals surface area contributed by atoms with Crippen LogP contribution in [0, 0.1) is 22.1 Å². The molecule has 1 unspecified atom stereocenters. The molecule has 0 saturated carbocycles. The molecule has 130 valence electrons. The topological polar surface area (TPSA) is 132 Å². The van der Waals surface area contributed by atoms with Gasteiger partial charge in [-0.2, -0.15) is 10.5 Å². The predicted octanol–water partition coefficient (Wildman–Crippen LogP) is 2.29. The molecule has 0 amide bonds. The van der Waals surface area contributed by atoms with Crippen molar-refractivity contribution < 1.29 is 27.6 Å². The summed E-state index contributed by atoms with van der Waals surface area (Å²) in [6.45, 7) is 5.29. The Labute approximate surface area is 135 Å². The van der Waals surface area contributed by atoms with Gasteiger partial charge in [-0.05, 0) is 31.7 Å². The van der Waals surface area contributed by atoms with Crippen LogP contribution in [0.15, 0.2) is 0 Å². The molecular formula is C11H24N2O6P2S. The summed E-state index contributed by atoms with van der Waals surface area (Å²) in [7, 11) is -6.87. The van der Waals surface area contributed by atoms with Crippen LogP contribution in [0.4, 0.5) is 0 Å². The highest BCUT2D eigenvalue weighted by Gasteiger charge is 2.21. The summed E-state index contributed by atoms with van der Waals surface area (Å²) >= 11 is 0. The third kappa shape index (κ3) is 21.9. The second-order valence-corrected chi connectivity index (χ2v) is 9.29. The molecule has 0 bridgehead atoms. The minimum Gasteiger partial charge on any atom is -0.767 e. The van der Waals surface area contributed by atoms with Gasteiger partial charge in [0, 0.05) is 0 Å². The normalized spacial score (nSPS) is 12.6. The smallest absolute Gasteiger partial charge is 0.431 e. The lowest BCUT2D eigenvalue weighted by Crippen LogP contribution is -2.01. The third-order valence-corrected chi connectivity index (χ3v) is 3.43. The molecule has 0 radical (unpaired) electrons. The first-order valence-corrected chi connectivity index (χ1v) is 11.7. The van der Waals surface area contributed by atoms with Gasteiger partial charge in [0.1, 0.15) is 5.81 Å². The third-order valence-electron chi connectivity index (χ3n) is 1.14. The summed E-state index contributed by atoms with van der Waals surface area (Å²) in [5.74, 6) is 2.51. The Kier molecular flexibility index (Phi) is 18.7. The molecule has 22 heavy (non-hydrogen) atoms. The fourth-order valence-corrected chi connectivity index (χ4v) is 1.90. The van der Waals surface area contributed by atoms with Crippen LogP contribution in [0.2, 0.25) is 0 Å². The van der Waals surface area contributed by atoms with Crippen molar-refractivity contribution >= 4 is 26.1 Å². The molecule has 0 fully saturated rings. The molecule has 0 aliphatic rings. The average Bonchev–Trinajstić information content (AvgIpc) is 2.39. The van der Waals surface area contributed by atoms with E-state index in [0.29, 0.717) is 10.9 Å². The molecule has 0 aromatic carbocycles. The summed E-state index contributed by atoms with van der Waals surface area (Å²) in [6, 6.07) is 0. The van der Waals surface area contributed by atoms with E-state index in [0.717, 1.165) is 5.81 Å². The Bertz CT molecular complexity index is 434. The second-order valence-electron chi connectivity index (χ2n) is 3.67. The fraction of sp³-hybridized carbons (Fsp3) is 0.818. The molecular weight excluding hydrogens is 350 g/mol. The van der Waals surface area contributed by atoms with Crippen LogP contribution in [0.1, 0.15) is 20.8 Å². The van der Waals surface area contributed by atoms with Crippen LogP contribution >= 0.6 is 15.2 Å². The van der Waals surface area contributed by atoms with Crippen molar-refractivity contribution in [2.24, 2.45) is 0 Å². The van der Waals surface area contributed by atoms with Gasteiger partial charge < -0.3 is 9.42 Å². The van der Waals surface area contributed by atoms with Gasteiger partial charge in [0.15, 0.2) is 5.81 Å². The van der Waals surface area contributed by atoms with Crippen molar-refractivity contribution in [1.29, 1.82) is 10.5 Å². The molecule has 11 heteroatoms. The summed E-state index contributed by atoms with van der Waals surface area (Å²) in [6.07, 6.45) is 6.58. The first-order valence-electron chi connectivity index (χ1n) is 6.20. The Morgan fingerprint density at radius 3 is 1.36 bits per heavy atom. The molecule has 0 saturated heterocycles. The molecule has 0 rings (SSSR count). The van der Waals surface area contributed by atoms with Crippen LogP contribution in [-0.4, -0.2) is 38.6 Å². The zero-order valence-electron chi connectivity index (χ0n) is 13.8. The second kappa shape index (κ2) is 15.5. The summed E-state index contributed by atoms with van der Waals surface area (Å²) in [4.78, 5) is 10.0. The lowest BCUT2D eigenvalue weighted by Gasteiger charge is -2.11. The van der Waals surface area contributed by atoms with Crippen LogP contribution in [0.25, 0.3) is 0 Å². The largest absolute Gasteiger partial charge is 0.767 e. The maximum absolute atomic E-state index is 11.0. The Balaban J connectivity index is -0.000000269. The molecule has 0 aliphatic carbocycles. The summed E-state index contributed by atoms with van der Waals surface area (Å²) in [5, 5.41) is 16.1. The van der Waals surface area contributed by atoms with Crippen molar-refractivity contribution in [2.45, 2.75) is 20.8 Å². The highest BCUT2D eigenvalue weighted by atomic mass is 32.2. The highest BCUT2D eigenvalue weighted by molar-refractivity contribution is 7.94. The van der Waals surface area contributed by atoms with Crippen molar-refractivity contribution in [2.75, 3.05) is 38.6 Å². The first kappa shape index (κ1) is 26.5. The van der Waals surface area contributed by atoms with Gasteiger partial charge in [-0.25, -0.2) is 4.57 Å². The minimum atomic E-state index is -4.12. The van der Waals surface area contributed by atoms with E-state index in [9.17, 15) is 14.0 Å². The summed E-state index contributed by atoms with van der Waals surface area (Å²) < 4.78 is 34.2. The zero-order chi connectivity index (χ0) is 18.2. The van der Waals surface area contributed by atoms with Gasteiger partial charge in [0.25, 0.3) is 0 Å². The monoisotopic (exact) mass is 374 g/mol. The standard InChI is InChI=1S/C5H10NO3P.C3H6NO3P.C3H9S/c1-3-8-10(7,5-6)9-4-2;1-2-7-8(5,6)3-4;1-4(2)3/h3-4H2,1-2H3;2H2,1H3,(H,5,6);1-3H3/q;;+1/p-1. The molecule has 0 aromatic heterocycles. The van der Waals surface area contributed by atoms with E-state index in [-0.39, 0.29) is 19.8 Å². The molecule has 0 aliphatic heterocycles. The Morgan fingerprint density at radius 1 is 0.909 bits per heavy atom. The quantitative estimate of drug-likeness (QED) is 0.511. The van der Waals surface area contributed by atoms with Gasteiger partial charge >= 0.3 is 7.60 Å². The number of nitrogens with zero attached hydrogens (tertiary/aromatic N) is 2. The van der Waals surface area contributed by atoms with Crippen molar-refractivity contribution in [3.63, 3.8) is 0 Å². The zero-order valence-corrected chi connectivity index (χ0v) is 16.4. The van der Waals surface area contributed by atoms with Crippen LogP contribution in [0.5, 0.6) is 0 Å². The van der Waals surface area contributed by atoms with Gasteiger partial charge in [0.05, 0.1) is 38.6 Å². The van der Waals surface area contributed by atoms with Gasteiger partial charge in [0.2, 0.25) is 7.60 Å². The minimum absolute atomic E-state index is 0.0222. The molecule has 0 heterocycles. The van der Waals surface area contributed by atoms with E-state index >= 15 is 0 Å². The van der Waals surface area contributed by atoms with Crippen LogP contribution in [-0.2, 0) is 33.6 Å². The van der Waals surface area contributed by atoms with E-state index in [4.69, 9.17) is 10.5 Å². The van der Waals surface area contributed by atoms with Crippen molar-refractivity contribution in [3.05, 3.63) is 0 Å². The maximum atomic E-state index is 11.0. The molecule has 1 atom stereocenters. The van der Waals surface area contributed by atoms with E-state index in [1.165, 1.54) is 12.7 Å². The Hall–Kier alpha value is -0.370. The highest BCUT2D eigenvalue weighted by Crippen LogP contribution is 2.46. The van der Waals surface area contributed by atoms with E-state index in [1.807, 2.05) is 0 Å². The van der Waals surface area contributed by atoms with Gasteiger partial charge in [-0.1, -0.05) is 0 Å². The first-order chi connectivity index (χ1) is 10.0. The SMILES string of the molecule is CCOP(=O)(C#N)OCC.CCOP(=O)([O-])C#N.C[S+](C)C. The van der Waals surface area contributed by atoms with E-state index in [1.54, 1.807) is 13.8 Å². The molecule has 0 aromatic rings. The van der Waals surface area contributed by atoms with Crippen LogP contribution < -0.4 is 4.89 Å².